The molecule has 2 aliphatic rings. The minimum atomic E-state index is -0.189. The number of carbonyl (C=O) groups excluding carboxylic acids is 3. The molecular formula is C13H15N3O3S2. The molecule has 2 saturated heterocycles. The average molecular weight is 325 g/mol. The van der Waals surface area contributed by atoms with Gasteiger partial charge in [-0.05, 0) is 17.9 Å². The van der Waals surface area contributed by atoms with Crippen LogP contribution in [0, 0.1) is 0 Å². The fourth-order valence-electron chi connectivity index (χ4n) is 2.54. The van der Waals surface area contributed by atoms with Crippen LogP contribution in [0.2, 0.25) is 0 Å². The van der Waals surface area contributed by atoms with E-state index in [1.807, 2.05) is 17.5 Å². The molecular weight excluding hydrogens is 310 g/mol. The van der Waals surface area contributed by atoms with E-state index < -0.39 is 0 Å². The topological polar surface area (TPSA) is 69.7 Å². The highest BCUT2D eigenvalue weighted by Gasteiger charge is 2.40. The molecule has 21 heavy (non-hydrogen) atoms. The number of nitrogens with zero attached hydrogens (tertiary/aromatic N) is 2. The fraction of sp³-hybridized carbons (Fsp3) is 0.462. The number of carbonyl (C=O) groups is 3. The molecule has 1 aromatic heterocycles. The predicted octanol–water partition coefficient (Wildman–Crippen LogP) is 1.73. The van der Waals surface area contributed by atoms with Gasteiger partial charge in [0.05, 0.1) is 18.3 Å². The Morgan fingerprint density at radius 3 is 2.95 bits per heavy atom. The van der Waals surface area contributed by atoms with Gasteiger partial charge in [-0.25, -0.2) is 4.79 Å². The number of thioether (sulfide) groups is 1. The van der Waals surface area contributed by atoms with Crippen molar-refractivity contribution in [3.05, 3.63) is 22.4 Å². The molecule has 0 aromatic carbocycles. The number of rotatable bonds is 3. The van der Waals surface area contributed by atoms with E-state index in [1.165, 1.54) is 4.90 Å². The van der Waals surface area contributed by atoms with E-state index in [4.69, 9.17) is 0 Å². The summed E-state index contributed by atoms with van der Waals surface area (Å²) in [6.07, 6.45) is 0.657. The number of nitrogens with one attached hydrogen (secondary N) is 1. The van der Waals surface area contributed by atoms with E-state index in [2.05, 4.69) is 5.32 Å². The SMILES string of the molecule is O=C(NCc1cccs1)N1CCC(N2C(=O)CSC2=O)C1. The molecule has 1 aromatic rings. The molecule has 0 bridgehead atoms. The van der Waals surface area contributed by atoms with Crippen LogP contribution in [-0.4, -0.2) is 51.9 Å². The number of likely N-dealkylation sites (tertiary alicyclic amines) is 1. The maximum absolute atomic E-state index is 12.1. The summed E-state index contributed by atoms with van der Waals surface area (Å²) in [6, 6.07) is 3.60. The second-order valence-electron chi connectivity index (χ2n) is 4.94. The smallest absolute Gasteiger partial charge is 0.317 e. The Hall–Kier alpha value is -1.54. The van der Waals surface area contributed by atoms with Crippen LogP contribution in [0.4, 0.5) is 9.59 Å². The molecule has 3 heterocycles. The highest BCUT2D eigenvalue weighted by atomic mass is 32.2. The Morgan fingerprint density at radius 1 is 1.43 bits per heavy atom. The van der Waals surface area contributed by atoms with E-state index in [-0.39, 0.29) is 29.0 Å². The van der Waals surface area contributed by atoms with Gasteiger partial charge in [-0.15, -0.1) is 11.3 Å². The molecule has 1 N–H and O–H groups in total. The van der Waals surface area contributed by atoms with Crippen molar-refractivity contribution >= 4 is 40.3 Å². The van der Waals surface area contributed by atoms with Crippen molar-refractivity contribution < 1.29 is 14.4 Å². The molecule has 2 aliphatic heterocycles. The standard InChI is InChI=1S/C13H15N3O3S2/c17-11-8-21-13(19)16(11)9-3-4-15(7-9)12(18)14-6-10-2-1-5-20-10/h1-2,5,9H,3-4,6-8H2,(H,14,18). The van der Waals surface area contributed by atoms with Crippen molar-refractivity contribution in [2.75, 3.05) is 18.8 Å². The van der Waals surface area contributed by atoms with Crippen molar-refractivity contribution in [2.24, 2.45) is 0 Å². The minimum absolute atomic E-state index is 0.141. The van der Waals surface area contributed by atoms with Crippen molar-refractivity contribution in [3.63, 3.8) is 0 Å². The van der Waals surface area contributed by atoms with Gasteiger partial charge in [0.1, 0.15) is 0 Å². The van der Waals surface area contributed by atoms with Crippen LogP contribution in [0.25, 0.3) is 0 Å². The molecule has 2 fully saturated rings. The quantitative estimate of drug-likeness (QED) is 0.919. The Labute approximate surface area is 130 Å². The molecule has 3 rings (SSSR count). The first-order valence-corrected chi connectivity index (χ1v) is 8.55. The van der Waals surface area contributed by atoms with E-state index in [0.717, 1.165) is 16.6 Å². The van der Waals surface area contributed by atoms with Crippen LogP contribution in [0.15, 0.2) is 17.5 Å². The van der Waals surface area contributed by atoms with E-state index in [9.17, 15) is 14.4 Å². The number of urea groups is 1. The van der Waals surface area contributed by atoms with Crippen LogP contribution in [0.5, 0.6) is 0 Å². The van der Waals surface area contributed by atoms with Crippen LogP contribution in [0.3, 0.4) is 0 Å². The molecule has 0 saturated carbocycles. The molecule has 6 nitrogen and oxygen atoms in total. The zero-order chi connectivity index (χ0) is 14.8. The third kappa shape index (κ3) is 3.06. The maximum atomic E-state index is 12.1. The number of hydrogen-bond donors (Lipinski definition) is 1. The summed E-state index contributed by atoms with van der Waals surface area (Å²) in [7, 11) is 0. The summed E-state index contributed by atoms with van der Waals surface area (Å²) in [5, 5.41) is 4.64. The molecule has 4 amide bonds. The zero-order valence-electron chi connectivity index (χ0n) is 11.3. The van der Waals surface area contributed by atoms with E-state index in [0.29, 0.717) is 26.1 Å². The predicted molar refractivity (Wildman–Crippen MR) is 81.2 cm³/mol. The largest absolute Gasteiger partial charge is 0.333 e. The summed E-state index contributed by atoms with van der Waals surface area (Å²) in [4.78, 5) is 39.5. The monoisotopic (exact) mass is 325 g/mol. The Bertz CT molecular complexity index is 545. The number of imide groups is 1. The first-order chi connectivity index (χ1) is 10.1. The first kappa shape index (κ1) is 14.4. The van der Waals surface area contributed by atoms with Crippen molar-refractivity contribution in [1.82, 2.24) is 15.1 Å². The van der Waals surface area contributed by atoms with Gasteiger partial charge >= 0.3 is 6.03 Å². The summed E-state index contributed by atoms with van der Waals surface area (Å²) in [5.74, 6) is 0.0794. The van der Waals surface area contributed by atoms with Gasteiger partial charge in [0.2, 0.25) is 5.91 Å². The normalized spacial score (nSPS) is 22.2. The van der Waals surface area contributed by atoms with E-state index >= 15 is 0 Å². The van der Waals surface area contributed by atoms with Crippen molar-refractivity contribution in [1.29, 1.82) is 0 Å². The lowest BCUT2D eigenvalue weighted by molar-refractivity contribution is -0.126. The average Bonchev–Trinajstić information content (AvgIpc) is 3.18. The van der Waals surface area contributed by atoms with Crippen molar-refractivity contribution in [3.8, 4) is 0 Å². The minimum Gasteiger partial charge on any atom is -0.333 e. The van der Waals surface area contributed by atoms with Crippen LogP contribution < -0.4 is 5.32 Å². The third-order valence-electron chi connectivity index (χ3n) is 3.59. The molecule has 0 radical (unpaired) electrons. The number of thiophene rings is 1. The van der Waals surface area contributed by atoms with Crippen molar-refractivity contribution in [2.45, 2.75) is 19.0 Å². The van der Waals surface area contributed by atoms with Crippen LogP contribution >= 0.6 is 23.1 Å². The molecule has 1 unspecified atom stereocenters. The number of hydrogen-bond acceptors (Lipinski definition) is 5. The molecule has 0 aliphatic carbocycles. The molecule has 112 valence electrons. The molecule has 1 atom stereocenters. The highest BCUT2D eigenvalue weighted by molar-refractivity contribution is 8.14. The lowest BCUT2D eigenvalue weighted by Crippen LogP contribution is -2.43. The Kier molecular flexibility index (Phi) is 4.16. The second kappa shape index (κ2) is 6.07. The lowest BCUT2D eigenvalue weighted by atomic mass is 10.2. The summed E-state index contributed by atoms with van der Waals surface area (Å²) in [5.41, 5.74) is 0. The van der Waals surface area contributed by atoms with Crippen LogP contribution in [0.1, 0.15) is 11.3 Å². The van der Waals surface area contributed by atoms with Gasteiger partial charge in [0, 0.05) is 18.0 Å². The lowest BCUT2D eigenvalue weighted by Gasteiger charge is -2.22. The summed E-state index contributed by atoms with van der Waals surface area (Å²) in [6.45, 7) is 1.51. The van der Waals surface area contributed by atoms with E-state index in [1.54, 1.807) is 16.2 Å². The van der Waals surface area contributed by atoms with Gasteiger partial charge in [0.25, 0.3) is 5.24 Å². The first-order valence-electron chi connectivity index (χ1n) is 6.69. The number of amides is 4. The highest BCUT2D eigenvalue weighted by Crippen LogP contribution is 2.26. The summed E-state index contributed by atoms with van der Waals surface area (Å²) >= 11 is 2.63. The van der Waals surface area contributed by atoms with Crippen LogP contribution in [-0.2, 0) is 11.3 Å². The van der Waals surface area contributed by atoms with Gasteiger partial charge in [0.15, 0.2) is 0 Å². The van der Waals surface area contributed by atoms with Gasteiger partial charge in [-0.3, -0.25) is 14.5 Å². The van der Waals surface area contributed by atoms with Gasteiger partial charge in [-0.2, -0.15) is 0 Å². The Balaban J connectivity index is 1.53. The Morgan fingerprint density at radius 2 is 2.29 bits per heavy atom. The third-order valence-corrected chi connectivity index (χ3v) is 5.31. The second-order valence-corrected chi connectivity index (χ2v) is 6.90. The van der Waals surface area contributed by atoms with Gasteiger partial charge in [-0.1, -0.05) is 17.8 Å². The zero-order valence-corrected chi connectivity index (χ0v) is 12.9. The summed E-state index contributed by atoms with van der Waals surface area (Å²) < 4.78 is 0. The fourth-order valence-corrected chi connectivity index (χ4v) is 3.96. The molecule has 0 spiro atoms. The maximum Gasteiger partial charge on any atom is 0.317 e. The van der Waals surface area contributed by atoms with Gasteiger partial charge < -0.3 is 10.2 Å². The molecule has 8 heteroatoms.